The second kappa shape index (κ2) is 13.2. The first-order valence-corrected chi connectivity index (χ1v) is 11.4. The summed E-state index contributed by atoms with van der Waals surface area (Å²) in [5.41, 5.74) is 0. The summed E-state index contributed by atoms with van der Waals surface area (Å²) in [7, 11) is 1.77. The normalized spacial score (nSPS) is 19.3. The molecule has 9 heteroatoms. The highest BCUT2D eigenvalue weighted by atomic mass is 127. The smallest absolute Gasteiger partial charge is 0.239 e. The Bertz CT molecular complexity index is 752. The summed E-state index contributed by atoms with van der Waals surface area (Å²) < 4.78 is 19.7. The number of piperazine rings is 1. The first kappa shape index (κ1) is 26.6. The Morgan fingerprint density at radius 3 is 2.38 bits per heavy atom. The number of halogens is 2. The molecule has 2 heterocycles. The summed E-state index contributed by atoms with van der Waals surface area (Å²) in [4.78, 5) is 23.6. The summed E-state index contributed by atoms with van der Waals surface area (Å²) in [5, 5.41) is 3.38. The van der Waals surface area contributed by atoms with Crippen LogP contribution in [0.5, 0.6) is 5.75 Å². The summed E-state index contributed by atoms with van der Waals surface area (Å²) in [6, 6.07) is 6.41. The first-order valence-electron chi connectivity index (χ1n) is 11.4. The molecule has 3 rings (SSSR count). The predicted octanol–water partition coefficient (Wildman–Crippen LogP) is 2.81. The average molecular weight is 561 g/mol. The van der Waals surface area contributed by atoms with Crippen molar-refractivity contribution >= 4 is 35.8 Å². The molecule has 2 aliphatic rings. The third-order valence-electron chi connectivity index (χ3n) is 6.22. The maximum Gasteiger partial charge on any atom is 0.239 e. The van der Waals surface area contributed by atoms with Crippen molar-refractivity contribution in [1.29, 1.82) is 0 Å². The van der Waals surface area contributed by atoms with E-state index < -0.39 is 0 Å². The Balaban J connectivity index is 0.00000363. The van der Waals surface area contributed by atoms with E-state index >= 15 is 0 Å². The summed E-state index contributed by atoms with van der Waals surface area (Å²) in [5.74, 6) is 0.994. The number of rotatable bonds is 7. The predicted molar refractivity (Wildman–Crippen MR) is 136 cm³/mol. The number of carbonyl (C=O) groups is 1. The molecule has 2 unspecified atom stereocenters. The van der Waals surface area contributed by atoms with Gasteiger partial charge >= 0.3 is 0 Å². The van der Waals surface area contributed by atoms with Crippen LogP contribution in [-0.4, -0.2) is 91.6 Å². The number of guanidine groups is 1. The Morgan fingerprint density at radius 1 is 1.12 bits per heavy atom. The highest BCUT2D eigenvalue weighted by Crippen LogP contribution is 2.18. The van der Waals surface area contributed by atoms with Gasteiger partial charge in [0.2, 0.25) is 5.91 Å². The fourth-order valence-electron chi connectivity index (χ4n) is 4.21. The van der Waals surface area contributed by atoms with Gasteiger partial charge in [0.05, 0.1) is 12.6 Å². The van der Waals surface area contributed by atoms with Gasteiger partial charge in [0.1, 0.15) is 6.10 Å². The van der Waals surface area contributed by atoms with Crippen molar-refractivity contribution in [2.45, 2.75) is 45.3 Å². The van der Waals surface area contributed by atoms with Crippen molar-refractivity contribution in [2.24, 2.45) is 4.99 Å². The molecule has 0 bridgehead atoms. The zero-order valence-electron chi connectivity index (χ0n) is 19.4. The van der Waals surface area contributed by atoms with Crippen molar-refractivity contribution in [1.82, 2.24) is 20.0 Å². The lowest BCUT2D eigenvalue weighted by molar-refractivity contribution is -0.135. The Labute approximate surface area is 208 Å². The van der Waals surface area contributed by atoms with Crippen LogP contribution in [0.2, 0.25) is 0 Å². The van der Waals surface area contributed by atoms with Crippen molar-refractivity contribution in [3.63, 3.8) is 0 Å². The number of likely N-dealkylation sites (tertiary alicyclic amines) is 1. The SMILES string of the molecule is CCC(CNC(=NC)N1CCN(C(C)C(=O)N2CCCC2)CC1)Oc1ccccc1F.I. The van der Waals surface area contributed by atoms with Gasteiger partial charge in [-0.05, 0) is 38.3 Å². The van der Waals surface area contributed by atoms with Crippen LogP contribution in [0.1, 0.15) is 33.1 Å². The van der Waals surface area contributed by atoms with Gasteiger partial charge in [-0.15, -0.1) is 24.0 Å². The van der Waals surface area contributed by atoms with E-state index in [1.165, 1.54) is 6.07 Å². The van der Waals surface area contributed by atoms with E-state index in [4.69, 9.17) is 4.74 Å². The van der Waals surface area contributed by atoms with E-state index in [1.807, 2.05) is 18.7 Å². The largest absolute Gasteiger partial charge is 0.486 e. The van der Waals surface area contributed by atoms with Crippen LogP contribution in [-0.2, 0) is 4.79 Å². The Kier molecular flexibility index (Phi) is 11.0. The molecule has 180 valence electrons. The van der Waals surface area contributed by atoms with Gasteiger partial charge in [0.15, 0.2) is 17.5 Å². The first-order chi connectivity index (χ1) is 15.0. The zero-order chi connectivity index (χ0) is 22.2. The maximum atomic E-state index is 13.9. The van der Waals surface area contributed by atoms with Gasteiger partial charge in [0.25, 0.3) is 0 Å². The molecule has 0 spiro atoms. The quantitative estimate of drug-likeness (QED) is 0.316. The fraction of sp³-hybridized carbons (Fsp3) is 0.652. The van der Waals surface area contributed by atoms with Crippen LogP contribution in [0.25, 0.3) is 0 Å². The minimum absolute atomic E-state index is 0. The third kappa shape index (κ3) is 6.94. The van der Waals surface area contributed by atoms with E-state index in [-0.39, 0.29) is 53.6 Å². The lowest BCUT2D eigenvalue weighted by atomic mass is 10.2. The average Bonchev–Trinajstić information content (AvgIpc) is 3.34. The van der Waals surface area contributed by atoms with Crippen molar-refractivity contribution in [2.75, 3.05) is 52.9 Å². The summed E-state index contributed by atoms with van der Waals surface area (Å²) in [6.07, 6.45) is 2.83. The minimum Gasteiger partial charge on any atom is -0.486 e. The lowest BCUT2D eigenvalue weighted by Crippen LogP contribution is -2.57. The van der Waals surface area contributed by atoms with E-state index in [1.54, 1.807) is 25.2 Å². The number of nitrogens with one attached hydrogen (secondary N) is 1. The number of carbonyl (C=O) groups excluding carboxylic acids is 1. The molecule has 0 radical (unpaired) electrons. The highest BCUT2D eigenvalue weighted by molar-refractivity contribution is 14.0. The number of benzene rings is 1. The molecule has 1 aromatic carbocycles. The molecule has 2 saturated heterocycles. The van der Waals surface area contributed by atoms with Gasteiger partial charge in [0, 0.05) is 46.3 Å². The van der Waals surface area contributed by atoms with Crippen molar-refractivity contribution < 1.29 is 13.9 Å². The molecule has 7 nitrogen and oxygen atoms in total. The maximum absolute atomic E-state index is 13.9. The van der Waals surface area contributed by atoms with Gasteiger partial charge < -0.3 is 19.9 Å². The molecular weight excluding hydrogens is 524 g/mol. The van der Waals surface area contributed by atoms with Crippen LogP contribution >= 0.6 is 24.0 Å². The third-order valence-corrected chi connectivity index (χ3v) is 6.22. The van der Waals surface area contributed by atoms with Crippen LogP contribution < -0.4 is 10.1 Å². The number of hydrogen-bond donors (Lipinski definition) is 1. The topological polar surface area (TPSA) is 60.4 Å². The Hall–Kier alpha value is -1.62. The fourth-order valence-corrected chi connectivity index (χ4v) is 4.21. The van der Waals surface area contributed by atoms with Crippen LogP contribution in [0.4, 0.5) is 4.39 Å². The molecule has 2 fully saturated rings. The molecule has 0 aromatic heterocycles. The standard InChI is InChI=1S/C23H36FN5O2.HI/c1-4-19(31-21-10-6-5-9-20(21)24)17-26-23(25-3)29-15-13-27(14-16-29)18(2)22(30)28-11-7-8-12-28;/h5-6,9-10,18-19H,4,7-8,11-17H2,1-3H3,(H,25,26);1H. The van der Waals surface area contributed by atoms with E-state index in [9.17, 15) is 9.18 Å². The van der Waals surface area contributed by atoms with Crippen LogP contribution in [0.15, 0.2) is 29.3 Å². The number of amides is 1. The Morgan fingerprint density at radius 2 is 1.78 bits per heavy atom. The van der Waals surface area contributed by atoms with E-state index in [0.717, 1.165) is 64.5 Å². The number of aliphatic imine (C=N–C) groups is 1. The molecule has 0 aliphatic carbocycles. The number of nitrogens with zero attached hydrogens (tertiary/aromatic N) is 4. The van der Waals surface area contributed by atoms with E-state index in [0.29, 0.717) is 6.54 Å². The highest BCUT2D eigenvalue weighted by Gasteiger charge is 2.30. The van der Waals surface area contributed by atoms with Crippen LogP contribution in [0, 0.1) is 5.82 Å². The van der Waals surface area contributed by atoms with Gasteiger partial charge in [-0.3, -0.25) is 14.7 Å². The minimum atomic E-state index is -0.348. The van der Waals surface area contributed by atoms with Gasteiger partial charge in [-0.2, -0.15) is 0 Å². The number of para-hydroxylation sites is 1. The molecular formula is C23H37FIN5O2. The number of hydrogen-bond acceptors (Lipinski definition) is 4. The molecule has 2 aliphatic heterocycles. The molecule has 0 saturated carbocycles. The van der Waals surface area contributed by atoms with Crippen molar-refractivity contribution in [3.8, 4) is 5.75 Å². The molecule has 32 heavy (non-hydrogen) atoms. The van der Waals surface area contributed by atoms with Gasteiger partial charge in [-0.25, -0.2) is 4.39 Å². The summed E-state index contributed by atoms with van der Waals surface area (Å²) in [6.45, 7) is 9.64. The lowest BCUT2D eigenvalue weighted by Gasteiger charge is -2.39. The molecule has 1 aromatic rings. The molecule has 2 atom stereocenters. The van der Waals surface area contributed by atoms with Gasteiger partial charge in [-0.1, -0.05) is 19.1 Å². The molecule has 1 amide bonds. The van der Waals surface area contributed by atoms with E-state index in [2.05, 4.69) is 20.1 Å². The number of ether oxygens (including phenoxy) is 1. The monoisotopic (exact) mass is 561 g/mol. The zero-order valence-corrected chi connectivity index (χ0v) is 21.8. The second-order valence-electron chi connectivity index (χ2n) is 8.24. The second-order valence-corrected chi connectivity index (χ2v) is 8.24. The van der Waals surface area contributed by atoms with Crippen molar-refractivity contribution in [3.05, 3.63) is 30.1 Å². The van der Waals surface area contributed by atoms with Crippen LogP contribution in [0.3, 0.4) is 0 Å². The summed E-state index contributed by atoms with van der Waals surface area (Å²) >= 11 is 0. The molecule has 1 N–H and O–H groups in total.